The third-order valence-corrected chi connectivity index (χ3v) is 3.45. The molecule has 0 saturated carbocycles. The van der Waals surface area contributed by atoms with Gasteiger partial charge in [0, 0.05) is 18.1 Å². The van der Waals surface area contributed by atoms with Crippen LogP contribution in [0, 0.1) is 5.82 Å². The molecule has 5 heteroatoms. The quantitative estimate of drug-likeness (QED) is 0.823. The molecule has 0 aliphatic rings. The Labute approximate surface area is 134 Å². The second kappa shape index (κ2) is 8.51. The number of amides is 1. The van der Waals surface area contributed by atoms with Crippen molar-refractivity contribution in [2.75, 3.05) is 13.1 Å². The van der Waals surface area contributed by atoms with Crippen LogP contribution in [-0.2, 0) is 17.8 Å². The summed E-state index contributed by atoms with van der Waals surface area (Å²) in [5.41, 5.74) is 1.67. The maximum atomic E-state index is 13.4. The SMILES string of the molecule is O=C(CNCc1ccc(Cl)cc1)NCCc1ccccc1F. The molecule has 0 heterocycles. The Kier molecular flexibility index (Phi) is 6.37. The number of hydrogen-bond donors (Lipinski definition) is 2. The molecule has 0 saturated heterocycles. The molecule has 0 unspecified atom stereocenters. The molecule has 1 amide bonds. The van der Waals surface area contributed by atoms with Gasteiger partial charge in [0.05, 0.1) is 6.54 Å². The lowest BCUT2D eigenvalue weighted by Crippen LogP contribution is -2.34. The summed E-state index contributed by atoms with van der Waals surface area (Å²) in [4.78, 5) is 11.7. The number of carbonyl (C=O) groups is 1. The van der Waals surface area contributed by atoms with E-state index in [0.29, 0.717) is 30.1 Å². The number of carbonyl (C=O) groups excluding carboxylic acids is 1. The number of benzene rings is 2. The van der Waals surface area contributed by atoms with E-state index in [0.717, 1.165) is 5.56 Å². The highest BCUT2D eigenvalue weighted by Gasteiger charge is 2.03. The van der Waals surface area contributed by atoms with Gasteiger partial charge in [-0.15, -0.1) is 0 Å². The zero-order chi connectivity index (χ0) is 15.8. The summed E-state index contributed by atoms with van der Waals surface area (Å²) in [7, 11) is 0. The number of rotatable bonds is 7. The van der Waals surface area contributed by atoms with Gasteiger partial charge < -0.3 is 10.6 Å². The first-order valence-corrected chi connectivity index (χ1v) is 7.48. The third-order valence-electron chi connectivity index (χ3n) is 3.20. The molecule has 2 N–H and O–H groups in total. The van der Waals surface area contributed by atoms with Gasteiger partial charge in [0.1, 0.15) is 5.82 Å². The summed E-state index contributed by atoms with van der Waals surface area (Å²) in [5.74, 6) is -0.345. The highest BCUT2D eigenvalue weighted by Crippen LogP contribution is 2.09. The van der Waals surface area contributed by atoms with E-state index in [2.05, 4.69) is 10.6 Å². The van der Waals surface area contributed by atoms with Gasteiger partial charge in [-0.25, -0.2) is 4.39 Å². The van der Waals surface area contributed by atoms with Crippen LogP contribution >= 0.6 is 11.6 Å². The van der Waals surface area contributed by atoms with Gasteiger partial charge in [0.2, 0.25) is 5.91 Å². The molecule has 0 bridgehead atoms. The van der Waals surface area contributed by atoms with Crippen LogP contribution in [0.2, 0.25) is 5.02 Å². The number of halogens is 2. The van der Waals surface area contributed by atoms with Crippen LogP contribution in [0.15, 0.2) is 48.5 Å². The van der Waals surface area contributed by atoms with Crippen molar-refractivity contribution in [2.45, 2.75) is 13.0 Å². The van der Waals surface area contributed by atoms with Crippen molar-refractivity contribution in [3.8, 4) is 0 Å². The van der Waals surface area contributed by atoms with Crippen molar-refractivity contribution in [2.24, 2.45) is 0 Å². The summed E-state index contributed by atoms with van der Waals surface area (Å²) in [6.07, 6.45) is 0.482. The average molecular weight is 321 g/mol. The highest BCUT2D eigenvalue weighted by atomic mass is 35.5. The van der Waals surface area contributed by atoms with Gasteiger partial charge in [-0.05, 0) is 35.7 Å². The van der Waals surface area contributed by atoms with Crippen molar-refractivity contribution >= 4 is 17.5 Å². The molecule has 0 aromatic heterocycles. The largest absolute Gasteiger partial charge is 0.355 e. The molecule has 2 aromatic rings. The van der Waals surface area contributed by atoms with E-state index in [9.17, 15) is 9.18 Å². The molecular formula is C17H18ClFN2O. The van der Waals surface area contributed by atoms with Crippen molar-refractivity contribution in [1.82, 2.24) is 10.6 Å². The highest BCUT2D eigenvalue weighted by molar-refractivity contribution is 6.30. The molecule has 3 nitrogen and oxygen atoms in total. The van der Waals surface area contributed by atoms with E-state index in [1.165, 1.54) is 6.07 Å². The Morgan fingerprint density at radius 1 is 1.09 bits per heavy atom. The minimum atomic E-state index is -0.238. The first kappa shape index (κ1) is 16.5. The lowest BCUT2D eigenvalue weighted by Gasteiger charge is -2.07. The van der Waals surface area contributed by atoms with Crippen LogP contribution in [0.4, 0.5) is 4.39 Å². The summed E-state index contributed by atoms with van der Waals surface area (Å²) in [6, 6.07) is 14.0. The average Bonchev–Trinajstić information content (AvgIpc) is 2.51. The number of nitrogens with one attached hydrogen (secondary N) is 2. The van der Waals surface area contributed by atoms with Crippen molar-refractivity contribution in [3.63, 3.8) is 0 Å². The van der Waals surface area contributed by atoms with Crippen molar-refractivity contribution in [1.29, 1.82) is 0 Å². The Morgan fingerprint density at radius 3 is 2.55 bits per heavy atom. The first-order valence-electron chi connectivity index (χ1n) is 7.10. The normalized spacial score (nSPS) is 10.5. The maximum Gasteiger partial charge on any atom is 0.233 e. The van der Waals surface area contributed by atoms with Crippen LogP contribution in [0.1, 0.15) is 11.1 Å². The summed E-state index contributed by atoms with van der Waals surface area (Å²) >= 11 is 5.80. The fourth-order valence-corrected chi connectivity index (χ4v) is 2.15. The Morgan fingerprint density at radius 2 is 1.82 bits per heavy atom. The van der Waals surface area contributed by atoms with E-state index >= 15 is 0 Å². The first-order chi connectivity index (χ1) is 10.6. The van der Waals surface area contributed by atoms with Crippen LogP contribution in [0.3, 0.4) is 0 Å². The van der Waals surface area contributed by atoms with Crippen LogP contribution in [-0.4, -0.2) is 19.0 Å². The maximum absolute atomic E-state index is 13.4. The Balaban J connectivity index is 1.64. The Bertz CT molecular complexity index is 616. The zero-order valence-corrected chi connectivity index (χ0v) is 12.9. The van der Waals surface area contributed by atoms with Crippen molar-refractivity contribution < 1.29 is 9.18 Å². The van der Waals surface area contributed by atoms with Gasteiger partial charge in [0.15, 0.2) is 0 Å². The smallest absolute Gasteiger partial charge is 0.233 e. The lowest BCUT2D eigenvalue weighted by molar-refractivity contribution is -0.120. The molecule has 0 fully saturated rings. The minimum Gasteiger partial charge on any atom is -0.355 e. The summed E-state index contributed by atoms with van der Waals surface area (Å²) in [6.45, 7) is 1.24. The van der Waals surface area contributed by atoms with E-state index in [-0.39, 0.29) is 18.3 Å². The lowest BCUT2D eigenvalue weighted by atomic mass is 10.1. The fraction of sp³-hybridized carbons (Fsp3) is 0.235. The van der Waals surface area contributed by atoms with E-state index in [4.69, 9.17) is 11.6 Å². The molecule has 0 spiro atoms. The molecule has 22 heavy (non-hydrogen) atoms. The standard InChI is InChI=1S/C17H18ClFN2O/c18-15-7-5-13(6-8-15)11-20-12-17(22)21-10-9-14-3-1-2-4-16(14)19/h1-8,20H,9-12H2,(H,21,22). The molecule has 0 aliphatic heterocycles. The second-order valence-electron chi connectivity index (χ2n) is 4.92. The molecule has 0 radical (unpaired) electrons. The van der Waals surface area contributed by atoms with E-state index in [1.807, 2.05) is 24.3 Å². The predicted molar refractivity (Wildman–Crippen MR) is 86.3 cm³/mol. The topological polar surface area (TPSA) is 41.1 Å². The Hall–Kier alpha value is -1.91. The number of hydrogen-bond acceptors (Lipinski definition) is 2. The summed E-state index contributed by atoms with van der Waals surface area (Å²) < 4.78 is 13.4. The molecular weight excluding hydrogens is 303 g/mol. The van der Waals surface area contributed by atoms with E-state index < -0.39 is 0 Å². The van der Waals surface area contributed by atoms with Gasteiger partial charge in [0.25, 0.3) is 0 Å². The van der Waals surface area contributed by atoms with E-state index in [1.54, 1.807) is 18.2 Å². The molecule has 2 aromatic carbocycles. The molecule has 2 rings (SSSR count). The monoisotopic (exact) mass is 320 g/mol. The van der Waals surface area contributed by atoms with Gasteiger partial charge >= 0.3 is 0 Å². The van der Waals surface area contributed by atoms with Crippen LogP contribution in [0.25, 0.3) is 0 Å². The minimum absolute atomic E-state index is 0.106. The van der Waals surface area contributed by atoms with Gasteiger partial charge in [-0.3, -0.25) is 4.79 Å². The fourth-order valence-electron chi connectivity index (χ4n) is 2.02. The molecule has 0 atom stereocenters. The van der Waals surface area contributed by atoms with Crippen LogP contribution in [0.5, 0.6) is 0 Å². The van der Waals surface area contributed by atoms with Crippen LogP contribution < -0.4 is 10.6 Å². The summed E-state index contributed by atoms with van der Waals surface area (Å²) in [5, 5.41) is 6.51. The predicted octanol–water partition coefficient (Wildman–Crippen LogP) is 2.93. The molecule has 0 aliphatic carbocycles. The van der Waals surface area contributed by atoms with Gasteiger partial charge in [-0.2, -0.15) is 0 Å². The third kappa shape index (κ3) is 5.47. The second-order valence-corrected chi connectivity index (χ2v) is 5.36. The zero-order valence-electron chi connectivity index (χ0n) is 12.1. The van der Waals surface area contributed by atoms with Gasteiger partial charge in [-0.1, -0.05) is 41.9 Å². The van der Waals surface area contributed by atoms with Crippen molar-refractivity contribution in [3.05, 3.63) is 70.5 Å². The molecule has 116 valence electrons.